The quantitative estimate of drug-likeness (QED) is 0.619. The molecule has 0 aliphatic carbocycles. The number of hydrogen-bond acceptors (Lipinski definition) is 3. The molecule has 5 heteroatoms. The summed E-state index contributed by atoms with van der Waals surface area (Å²) in [5.41, 5.74) is 0.510. The molecule has 0 aliphatic rings. The molecule has 1 heterocycles. The molecule has 2 rings (SSSR count). The van der Waals surface area contributed by atoms with Crippen molar-refractivity contribution in [1.82, 2.24) is 0 Å². The van der Waals surface area contributed by atoms with Crippen LogP contribution in [0.4, 0.5) is 0 Å². The average molecular weight is 266 g/mol. The van der Waals surface area contributed by atoms with Crippen LogP contribution in [0.1, 0.15) is 10.4 Å². The van der Waals surface area contributed by atoms with Gasteiger partial charge in [0.15, 0.2) is 0 Å². The lowest BCUT2D eigenvalue weighted by atomic mass is 10.2. The lowest BCUT2D eigenvalue weighted by Crippen LogP contribution is -3.00. The van der Waals surface area contributed by atoms with Gasteiger partial charge in [-0.1, -0.05) is 18.2 Å². The molecule has 4 nitrogen and oxygen atoms in total. The van der Waals surface area contributed by atoms with Crippen molar-refractivity contribution in [2.75, 3.05) is 7.11 Å². The number of ether oxygens (including phenoxy) is 1. The fourth-order valence-electron chi connectivity index (χ4n) is 1.32. The number of halogens is 1. The van der Waals surface area contributed by atoms with Crippen LogP contribution in [0.5, 0.6) is 5.75 Å². The van der Waals surface area contributed by atoms with Gasteiger partial charge in [0, 0.05) is 16.9 Å². The zero-order valence-electron chi connectivity index (χ0n) is 9.75. The van der Waals surface area contributed by atoms with Crippen LogP contribution in [0.2, 0.25) is 0 Å². The summed E-state index contributed by atoms with van der Waals surface area (Å²) < 4.78 is 6.34. The molecule has 0 radical (unpaired) electrons. The number of carbonyl (C=O) groups is 1. The minimum atomic E-state index is -0.402. The van der Waals surface area contributed by atoms with Gasteiger partial charge in [-0.15, -0.1) is 0 Å². The van der Waals surface area contributed by atoms with E-state index in [0.717, 1.165) is 0 Å². The topological polar surface area (TPSA) is 39.4 Å². The van der Waals surface area contributed by atoms with Crippen molar-refractivity contribution in [2.45, 2.75) is 0 Å². The summed E-state index contributed by atoms with van der Waals surface area (Å²) in [7, 11) is 1.58. The number of nitrogens with zero attached hydrogens (tertiary/aromatic N) is 1. The summed E-state index contributed by atoms with van der Waals surface area (Å²) in [5.74, 6) is 0.303. The van der Waals surface area contributed by atoms with Crippen molar-refractivity contribution in [3.05, 3.63) is 60.4 Å². The summed E-state index contributed by atoms with van der Waals surface area (Å²) in [6.45, 7) is 0. The molecule has 0 N–H and O–H groups in total. The molecule has 0 bridgehead atoms. The van der Waals surface area contributed by atoms with Crippen LogP contribution in [0.25, 0.3) is 0 Å². The number of aromatic nitrogens is 1. The fraction of sp³-hybridized carbons (Fsp3) is 0.0769. The van der Waals surface area contributed by atoms with Gasteiger partial charge in [-0.05, 0) is 12.1 Å². The van der Waals surface area contributed by atoms with E-state index < -0.39 is 5.97 Å². The number of carbonyl (C=O) groups excluding carboxylic acids is 1. The maximum Gasteiger partial charge on any atom is 0.411 e. The maximum atomic E-state index is 11.7. The Kier molecular flexibility index (Phi) is 5.14. The zero-order valence-corrected chi connectivity index (χ0v) is 10.5. The van der Waals surface area contributed by atoms with Crippen molar-refractivity contribution in [1.29, 1.82) is 0 Å². The summed E-state index contributed by atoms with van der Waals surface area (Å²) in [5, 5.41) is 0. The molecule has 0 saturated carbocycles. The van der Waals surface area contributed by atoms with E-state index in [1.54, 1.807) is 55.9 Å². The molecule has 0 saturated heterocycles. The highest BCUT2D eigenvalue weighted by Crippen LogP contribution is 2.03. The lowest BCUT2D eigenvalue weighted by molar-refractivity contribution is -0.868. The van der Waals surface area contributed by atoms with E-state index in [4.69, 9.17) is 9.57 Å². The first kappa shape index (κ1) is 14.0. The minimum absolute atomic E-state index is 0. The van der Waals surface area contributed by atoms with Gasteiger partial charge in [-0.2, -0.15) is 4.84 Å². The first-order valence-corrected chi connectivity index (χ1v) is 5.12. The van der Waals surface area contributed by atoms with Gasteiger partial charge in [-0.25, -0.2) is 4.79 Å². The Morgan fingerprint density at radius 3 is 2.22 bits per heavy atom. The summed E-state index contributed by atoms with van der Waals surface area (Å²) in [6, 6.07) is 12.2. The van der Waals surface area contributed by atoms with Gasteiger partial charge in [0.25, 0.3) is 0 Å². The summed E-state index contributed by atoms with van der Waals surface area (Å²) >= 11 is 0. The predicted octanol–water partition coefficient (Wildman–Crippen LogP) is -1.74. The van der Waals surface area contributed by atoms with Gasteiger partial charge in [0.05, 0.1) is 12.7 Å². The molecule has 0 atom stereocenters. The second-order valence-corrected chi connectivity index (χ2v) is 3.34. The second-order valence-electron chi connectivity index (χ2n) is 3.34. The molecule has 0 spiro atoms. The Morgan fingerprint density at radius 1 is 1.06 bits per heavy atom. The fourth-order valence-corrected chi connectivity index (χ4v) is 1.32. The molecule has 1 aromatic heterocycles. The third-order valence-electron chi connectivity index (χ3n) is 2.20. The number of benzene rings is 1. The van der Waals surface area contributed by atoms with Gasteiger partial charge in [0.2, 0.25) is 12.4 Å². The molecule has 0 amide bonds. The number of methoxy groups -OCH3 is 1. The number of pyridine rings is 1. The third kappa shape index (κ3) is 3.46. The summed E-state index contributed by atoms with van der Waals surface area (Å²) in [6.07, 6.45) is 3.22. The average Bonchev–Trinajstić information content (AvgIpc) is 2.40. The Balaban J connectivity index is 0.00000162. The monoisotopic (exact) mass is 265 g/mol. The van der Waals surface area contributed by atoms with Crippen LogP contribution < -0.4 is 26.7 Å². The van der Waals surface area contributed by atoms with Crippen LogP contribution in [0.3, 0.4) is 0 Å². The second kappa shape index (κ2) is 6.61. The minimum Gasteiger partial charge on any atom is -1.00 e. The molecule has 2 aromatic rings. The van der Waals surface area contributed by atoms with Crippen LogP contribution in [0, 0.1) is 0 Å². The molecule has 0 aliphatic heterocycles. The first-order valence-electron chi connectivity index (χ1n) is 5.12. The van der Waals surface area contributed by atoms with E-state index >= 15 is 0 Å². The van der Waals surface area contributed by atoms with E-state index in [-0.39, 0.29) is 12.4 Å². The number of rotatable bonds is 3. The van der Waals surface area contributed by atoms with Crippen molar-refractivity contribution in [3.63, 3.8) is 0 Å². The van der Waals surface area contributed by atoms with Crippen molar-refractivity contribution < 1.29 is 31.5 Å². The first-order chi connectivity index (χ1) is 8.29. The van der Waals surface area contributed by atoms with Crippen molar-refractivity contribution >= 4 is 5.97 Å². The van der Waals surface area contributed by atoms with Crippen molar-refractivity contribution in [3.8, 4) is 5.75 Å². The Bertz CT molecular complexity index is 499. The van der Waals surface area contributed by atoms with Gasteiger partial charge in [-0.3, -0.25) is 0 Å². The smallest absolute Gasteiger partial charge is 0.411 e. The standard InChI is InChI=1S/C13H12NO3.ClH/c1-16-12-7-9-14(10-8-12)17-13(15)11-5-3-2-4-6-11;/h2-10H,1H3;1H/q+1;/p-1. The molecule has 1 aromatic carbocycles. The van der Waals surface area contributed by atoms with Crippen LogP contribution in [0.15, 0.2) is 54.9 Å². The highest BCUT2D eigenvalue weighted by atomic mass is 35.5. The largest absolute Gasteiger partial charge is 1.00 e. The van der Waals surface area contributed by atoms with E-state index in [1.807, 2.05) is 6.07 Å². The van der Waals surface area contributed by atoms with E-state index in [1.165, 1.54) is 4.73 Å². The number of hydrogen-bond donors (Lipinski definition) is 0. The molecule has 94 valence electrons. The van der Waals surface area contributed by atoms with Crippen molar-refractivity contribution in [2.24, 2.45) is 0 Å². The maximum absolute atomic E-state index is 11.7. The normalized spacial score (nSPS) is 9.17. The van der Waals surface area contributed by atoms with Gasteiger partial charge < -0.3 is 17.1 Å². The van der Waals surface area contributed by atoms with Crippen LogP contribution >= 0.6 is 0 Å². The molecule has 18 heavy (non-hydrogen) atoms. The van der Waals surface area contributed by atoms with Gasteiger partial charge >= 0.3 is 5.97 Å². The van der Waals surface area contributed by atoms with E-state index in [9.17, 15) is 4.79 Å². The highest BCUT2D eigenvalue weighted by molar-refractivity contribution is 5.88. The highest BCUT2D eigenvalue weighted by Gasteiger charge is 2.13. The zero-order chi connectivity index (χ0) is 12.1. The molecule has 0 unspecified atom stereocenters. The Labute approximate surface area is 111 Å². The Morgan fingerprint density at radius 2 is 1.67 bits per heavy atom. The molecular weight excluding hydrogens is 254 g/mol. The predicted molar refractivity (Wildman–Crippen MR) is 60.5 cm³/mol. The Hall–Kier alpha value is -2.07. The van der Waals surface area contributed by atoms with Crippen LogP contribution in [-0.4, -0.2) is 13.1 Å². The van der Waals surface area contributed by atoms with E-state index in [2.05, 4.69) is 0 Å². The third-order valence-corrected chi connectivity index (χ3v) is 2.20. The van der Waals surface area contributed by atoms with Crippen LogP contribution in [-0.2, 0) is 0 Å². The molecular formula is C13H12ClNO3. The summed E-state index contributed by atoms with van der Waals surface area (Å²) in [4.78, 5) is 16.8. The molecule has 0 fully saturated rings. The van der Waals surface area contributed by atoms with Gasteiger partial charge in [0.1, 0.15) is 5.75 Å². The van der Waals surface area contributed by atoms with E-state index in [0.29, 0.717) is 11.3 Å². The lowest BCUT2D eigenvalue weighted by Gasteiger charge is -1.98. The SMILES string of the molecule is COc1cc[n+](OC(=O)c2ccccc2)cc1.[Cl-].